The summed E-state index contributed by atoms with van der Waals surface area (Å²) in [6.07, 6.45) is 13.8. The molecule has 0 N–H and O–H groups in total. The van der Waals surface area contributed by atoms with Gasteiger partial charge in [0.2, 0.25) is 0 Å². The van der Waals surface area contributed by atoms with Gasteiger partial charge in [-0.1, -0.05) is 44.4 Å². The molecule has 0 aliphatic heterocycles. The number of unbranched alkanes of at least 4 members (excludes halogenated alkanes) is 5. The highest BCUT2D eigenvalue weighted by Crippen LogP contribution is 2.16. The van der Waals surface area contributed by atoms with E-state index in [1.165, 1.54) is 25.7 Å². The maximum atomic E-state index is 5.08. The number of aryl methyl sites for hydroxylation is 1. The topological polar surface area (TPSA) is 35.0 Å². The van der Waals surface area contributed by atoms with E-state index in [2.05, 4.69) is 19.1 Å². The van der Waals surface area contributed by atoms with Gasteiger partial charge < -0.3 is 4.74 Å². The number of nitrogens with zero attached hydrogens (tertiary/aromatic N) is 2. The third-order valence-electron chi connectivity index (χ3n) is 4.19. The van der Waals surface area contributed by atoms with Crippen LogP contribution in [-0.2, 0) is 11.2 Å². The molecule has 0 aliphatic carbocycles. The van der Waals surface area contributed by atoms with Crippen LogP contribution in [0.1, 0.15) is 63.3 Å². The molecule has 1 aromatic heterocycles. The summed E-state index contributed by atoms with van der Waals surface area (Å²) in [7, 11) is 1.77. The van der Waals surface area contributed by atoms with Gasteiger partial charge in [0.15, 0.2) is 0 Å². The fourth-order valence-electron chi connectivity index (χ4n) is 2.77. The summed E-state index contributed by atoms with van der Waals surface area (Å²) in [5, 5.41) is 0. The zero-order valence-electron chi connectivity index (χ0n) is 15.1. The number of allylic oxidation sites excluding steroid dienone is 1. The molecule has 0 bridgehead atoms. The SMILES string of the molecule is CCCCc1nc2ccccc2nc1/C=C/CCCCCCOC. The Hall–Kier alpha value is -1.74. The largest absolute Gasteiger partial charge is 0.385 e. The van der Waals surface area contributed by atoms with Crippen LogP contribution in [0.4, 0.5) is 0 Å². The average molecular weight is 326 g/mol. The van der Waals surface area contributed by atoms with Gasteiger partial charge >= 0.3 is 0 Å². The van der Waals surface area contributed by atoms with Crippen molar-refractivity contribution in [3.8, 4) is 0 Å². The van der Waals surface area contributed by atoms with Gasteiger partial charge in [0.1, 0.15) is 0 Å². The second kappa shape index (κ2) is 10.9. The Morgan fingerprint density at radius 3 is 2.46 bits per heavy atom. The van der Waals surface area contributed by atoms with Crippen molar-refractivity contribution < 1.29 is 4.74 Å². The van der Waals surface area contributed by atoms with E-state index in [4.69, 9.17) is 14.7 Å². The fraction of sp³-hybridized carbons (Fsp3) is 0.524. The van der Waals surface area contributed by atoms with Crippen molar-refractivity contribution in [2.45, 2.75) is 58.3 Å². The molecule has 0 aliphatic rings. The molecule has 2 rings (SSSR count). The zero-order chi connectivity index (χ0) is 17.0. The highest BCUT2D eigenvalue weighted by Gasteiger charge is 2.06. The van der Waals surface area contributed by atoms with E-state index in [1.807, 2.05) is 24.3 Å². The van der Waals surface area contributed by atoms with Gasteiger partial charge in [0.05, 0.1) is 22.4 Å². The van der Waals surface area contributed by atoms with Crippen molar-refractivity contribution in [2.75, 3.05) is 13.7 Å². The Morgan fingerprint density at radius 2 is 1.71 bits per heavy atom. The molecular formula is C21H30N2O. The predicted molar refractivity (Wildman–Crippen MR) is 102 cm³/mol. The molecule has 24 heavy (non-hydrogen) atoms. The molecular weight excluding hydrogens is 296 g/mol. The van der Waals surface area contributed by atoms with Crippen LogP contribution in [0.2, 0.25) is 0 Å². The molecule has 3 heteroatoms. The summed E-state index contributed by atoms with van der Waals surface area (Å²) in [4.78, 5) is 9.65. The maximum absolute atomic E-state index is 5.08. The van der Waals surface area contributed by atoms with E-state index < -0.39 is 0 Å². The number of hydrogen-bond donors (Lipinski definition) is 0. The van der Waals surface area contributed by atoms with Crippen molar-refractivity contribution in [1.82, 2.24) is 9.97 Å². The molecule has 1 heterocycles. The van der Waals surface area contributed by atoms with E-state index in [0.717, 1.165) is 54.7 Å². The van der Waals surface area contributed by atoms with Gasteiger partial charge in [0, 0.05) is 13.7 Å². The number of benzene rings is 1. The lowest BCUT2D eigenvalue weighted by Gasteiger charge is -2.06. The molecule has 0 fully saturated rings. The lowest BCUT2D eigenvalue weighted by molar-refractivity contribution is 0.192. The molecule has 130 valence electrons. The van der Waals surface area contributed by atoms with Crippen LogP contribution < -0.4 is 0 Å². The summed E-state index contributed by atoms with van der Waals surface area (Å²) >= 11 is 0. The summed E-state index contributed by atoms with van der Waals surface area (Å²) < 4.78 is 5.08. The molecule has 1 aromatic carbocycles. The van der Waals surface area contributed by atoms with Gasteiger partial charge in [-0.2, -0.15) is 0 Å². The molecule has 2 aromatic rings. The highest BCUT2D eigenvalue weighted by molar-refractivity contribution is 5.75. The Morgan fingerprint density at radius 1 is 0.958 bits per heavy atom. The van der Waals surface area contributed by atoms with Crippen LogP contribution >= 0.6 is 0 Å². The van der Waals surface area contributed by atoms with Crippen molar-refractivity contribution in [3.63, 3.8) is 0 Å². The van der Waals surface area contributed by atoms with E-state index >= 15 is 0 Å². The van der Waals surface area contributed by atoms with Gasteiger partial charge in [-0.3, -0.25) is 0 Å². The van der Waals surface area contributed by atoms with Crippen molar-refractivity contribution in [3.05, 3.63) is 41.7 Å². The third kappa shape index (κ3) is 6.04. The standard InChI is InChI=1S/C21H30N2O/c1-3-4-13-18-19(14-9-7-5-6-8-12-17-24-2)23-21-16-11-10-15-20(21)22-18/h9-11,14-16H,3-8,12-13,17H2,1-2H3/b14-9+. The Kier molecular flexibility index (Phi) is 8.47. The van der Waals surface area contributed by atoms with Crippen molar-refractivity contribution in [1.29, 1.82) is 0 Å². The molecule has 0 unspecified atom stereocenters. The Balaban J connectivity index is 1.96. The van der Waals surface area contributed by atoms with Gasteiger partial charge in [-0.15, -0.1) is 0 Å². The molecule has 0 saturated heterocycles. The fourth-order valence-corrected chi connectivity index (χ4v) is 2.77. The van der Waals surface area contributed by atoms with Crippen molar-refractivity contribution >= 4 is 17.1 Å². The third-order valence-corrected chi connectivity index (χ3v) is 4.19. The quantitative estimate of drug-likeness (QED) is 0.505. The van der Waals surface area contributed by atoms with Crippen LogP contribution in [-0.4, -0.2) is 23.7 Å². The predicted octanol–water partition coefficient (Wildman–Crippen LogP) is 5.58. The normalized spacial score (nSPS) is 11.6. The van der Waals surface area contributed by atoms with E-state index in [1.54, 1.807) is 7.11 Å². The molecule has 0 amide bonds. The summed E-state index contributed by atoms with van der Waals surface area (Å²) in [6.45, 7) is 3.09. The van der Waals surface area contributed by atoms with Crippen LogP contribution in [0.3, 0.4) is 0 Å². The Labute approximate surface area is 146 Å². The van der Waals surface area contributed by atoms with Crippen LogP contribution in [0.25, 0.3) is 17.1 Å². The van der Waals surface area contributed by atoms with Crippen LogP contribution in [0.5, 0.6) is 0 Å². The van der Waals surface area contributed by atoms with E-state index in [9.17, 15) is 0 Å². The first kappa shape index (κ1) is 18.6. The molecule has 0 atom stereocenters. The number of rotatable bonds is 11. The first-order chi connectivity index (χ1) is 11.8. The highest BCUT2D eigenvalue weighted by atomic mass is 16.5. The van der Waals surface area contributed by atoms with Gasteiger partial charge in [0.25, 0.3) is 0 Å². The molecule has 0 radical (unpaired) electrons. The number of aromatic nitrogens is 2. The Bertz CT molecular complexity index is 637. The minimum atomic E-state index is 0.878. The number of methoxy groups -OCH3 is 1. The summed E-state index contributed by atoms with van der Waals surface area (Å²) in [5.74, 6) is 0. The number of fused-ring (bicyclic) bond motifs is 1. The first-order valence-electron chi connectivity index (χ1n) is 9.26. The monoisotopic (exact) mass is 326 g/mol. The summed E-state index contributed by atoms with van der Waals surface area (Å²) in [6, 6.07) is 8.14. The second-order valence-corrected chi connectivity index (χ2v) is 6.25. The summed E-state index contributed by atoms with van der Waals surface area (Å²) in [5.41, 5.74) is 4.16. The smallest absolute Gasteiger partial charge is 0.0894 e. The van der Waals surface area contributed by atoms with Crippen molar-refractivity contribution in [2.24, 2.45) is 0 Å². The zero-order valence-corrected chi connectivity index (χ0v) is 15.1. The maximum Gasteiger partial charge on any atom is 0.0894 e. The number of ether oxygens (including phenoxy) is 1. The molecule has 0 spiro atoms. The van der Waals surface area contributed by atoms with Crippen LogP contribution in [0, 0.1) is 0 Å². The van der Waals surface area contributed by atoms with E-state index in [0.29, 0.717) is 0 Å². The van der Waals surface area contributed by atoms with Gasteiger partial charge in [-0.05, 0) is 50.3 Å². The van der Waals surface area contributed by atoms with Gasteiger partial charge in [-0.25, -0.2) is 9.97 Å². The lowest BCUT2D eigenvalue weighted by atomic mass is 10.1. The average Bonchev–Trinajstić information content (AvgIpc) is 2.62. The first-order valence-corrected chi connectivity index (χ1v) is 9.26. The van der Waals surface area contributed by atoms with Crippen LogP contribution in [0.15, 0.2) is 30.3 Å². The minimum Gasteiger partial charge on any atom is -0.385 e. The van der Waals surface area contributed by atoms with E-state index in [-0.39, 0.29) is 0 Å². The lowest BCUT2D eigenvalue weighted by Crippen LogP contribution is -1.99. The number of hydrogen-bond acceptors (Lipinski definition) is 3. The number of para-hydroxylation sites is 2. The second-order valence-electron chi connectivity index (χ2n) is 6.25. The molecule has 3 nitrogen and oxygen atoms in total. The minimum absolute atomic E-state index is 0.878. The molecule has 0 saturated carbocycles.